The van der Waals surface area contributed by atoms with Gasteiger partial charge in [-0.15, -0.1) is 0 Å². The zero-order valence-corrected chi connectivity index (χ0v) is 16.8. The fraction of sp³-hybridized carbons (Fsp3) is 0.381. The average molecular weight is 406 g/mol. The van der Waals surface area contributed by atoms with Crippen LogP contribution < -0.4 is 4.74 Å². The van der Waals surface area contributed by atoms with Crippen LogP contribution in [0.4, 0.5) is 0 Å². The first-order valence-corrected chi connectivity index (χ1v) is 9.70. The fourth-order valence-electron chi connectivity index (χ4n) is 3.99. The molecule has 2 saturated heterocycles. The van der Waals surface area contributed by atoms with Crippen LogP contribution in [0.3, 0.4) is 0 Å². The molecule has 2 aromatic rings. The van der Waals surface area contributed by atoms with E-state index in [0.717, 1.165) is 11.3 Å². The molecule has 0 N–H and O–H groups in total. The Labute approximate surface area is 169 Å². The SMILES string of the molecule is CC1(C)C[C@]2(c3ccc(Cl)cc3)O[C@H](COc3ccc(Cl)cc3)CN2C1=O. The zero-order valence-electron chi connectivity index (χ0n) is 15.2. The zero-order chi connectivity index (χ0) is 19.2. The van der Waals surface area contributed by atoms with Gasteiger partial charge in [-0.3, -0.25) is 4.79 Å². The number of carbonyl (C=O) groups is 1. The van der Waals surface area contributed by atoms with Crippen LogP contribution in [0, 0.1) is 5.41 Å². The highest BCUT2D eigenvalue weighted by molar-refractivity contribution is 6.30. The molecular weight excluding hydrogens is 385 g/mol. The third-order valence-corrected chi connectivity index (χ3v) is 5.74. The van der Waals surface area contributed by atoms with Crippen LogP contribution in [0.5, 0.6) is 5.75 Å². The van der Waals surface area contributed by atoms with Crippen molar-refractivity contribution in [3.05, 3.63) is 64.1 Å². The highest BCUT2D eigenvalue weighted by atomic mass is 35.5. The van der Waals surface area contributed by atoms with Gasteiger partial charge in [0.1, 0.15) is 18.5 Å². The van der Waals surface area contributed by atoms with Crippen molar-refractivity contribution in [3.8, 4) is 5.75 Å². The van der Waals surface area contributed by atoms with E-state index in [1.807, 2.05) is 55.1 Å². The van der Waals surface area contributed by atoms with Crippen LogP contribution in [0.2, 0.25) is 10.0 Å². The molecule has 0 bridgehead atoms. The van der Waals surface area contributed by atoms with Gasteiger partial charge in [-0.25, -0.2) is 0 Å². The van der Waals surface area contributed by atoms with E-state index in [9.17, 15) is 4.79 Å². The van der Waals surface area contributed by atoms with Crippen molar-refractivity contribution in [2.24, 2.45) is 5.41 Å². The number of carbonyl (C=O) groups excluding carboxylic acids is 1. The standard InChI is InChI=1S/C21H21Cl2NO3/c1-20(2)13-21(14-3-5-15(22)6-4-14)24(19(20)25)11-18(27-21)12-26-17-9-7-16(23)8-10-17/h3-10,18H,11-13H2,1-2H3/t18-,21+/m0/s1. The first-order chi connectivity index (χ1) is 12.8. The molecule has 0 saturated carbocycles. The molecular formula is C21H21Cl2NO3. The molecule has 0 aromatic heterocycles. The van der Waals surface area contributed by atoms with Gasteiger partial charge < -0.3 is 14.4 Å². The van der Waals surface area contributed by atoms with Gasteiger partial charge in [0.15, 0.2) is 5.72 Å². The normalized spacial score (nSPS) is 26.3. The van der Waals surface area contributed by atoms with Crippen molar-refractivity contribution in [2.45, 2.75) is 32.1 Å². The molecule has 2 aliphatic rings. The van der Waals surface area contributed by atoms with Crippen molar-refractivity contribution in [3.63, 3.8) is 0 Å². The predicted molar refractivity (Wildman–Crippen MR) is 105 cm³/mol. The molecule has 2 fully saturated rings. The lowest BCUT2D eigenvalue weighted by Crippen LogP contribution is -2.39. The van der Waals surface area contributed by atoms with Gasteiger partial charge in [-0.05, 0) is 36.4 Å². The van der Waals surface area contributed by atoms with E-state index in [1.54, 1.807) is 12.1 Å². The third-order valence-electron chi connectivity index (χ3n) is 5.23. The van der Waals surface area contributed by atoms with Crippen molar-refractivity contribution in [2.75, 3.05) is 13.2 Å². The Morgan fingerprint density at radius 3 is 2.30 bits per heavy atom. The van der Waals surface area contributed by atoms with E-state index in [1.165, 1.54) is 0 Å². The van der Waals surface area contributed by atoms with Gasteiger partial charge >= 0.3 is 0 Å². The van der Waals surface area contributed by atoms with Crippen molar-refractivity contribution < 1.29 is 14.3 Å². The lowest BCUT2D eigenvalue weighted by Gasteiger charge is -2.31. The van der Waals surface area contributed by atoms with Crippen LogP contribution in [-0.2, 0) is 15.3 Å². The van der Waals surface area contributed by atoms with E-state index in [0.29, 0.717) is 29.6 Å². The maximum Gasteiger partial charge on any atom is 0.231 e. The van der Waals surface area contributed by atoms with E-state index in [2.05, 4.69) is 0 Å². The van der Waals surface area contributed by atoms with E-state index < -0.39 is 11.1 Å². The molecule has 4 nitrogen and oxygen atoms in total. The second-order valence-electron chi connectivity index (χ2n) is 7.77. The molecule has 2 atom stereocenters. The topological polar surface area (TPSA) is 38.8 Å². The first-order valence-electron chi connectivity index (χ1n) is 8.94. The van der Waals surface area contributed by atoms with Crippen LogP contribution in [0.25, 0.3) is 0 Å². The molecule has 6 heteroatoms. The summed E-state index contributed by atoms with van der Waals surface area (Å²) in [5, 5.41) is 1.32. The minimum atomic E-state index is -0.765. The van der Waals surface area contributed by atoms with Gasteiger partial charge in [-0.1, -0.05) is 49.2 Å². The highest BCUT2D eigenvalue weighted by Gasteiger charge is 2.61. The number of fused-ring (bicyclic) bond motifs is 1. The summed E-state index contributed by atoms with van der Waals surface area (Å²) >= 11 is 12.0. The molecule has 0 aliphatic carbocycles. The minimum absolute atomic E-state index is 0.103. The third kappa shape index (κ3) is 3.31. The summed E-state index contributed by atoms with van der Waals surface area (Å²) in [5.74, 6) is 0.828. The largest absolute Gasteiger partial charge is 0.491 e. The molecule has 27 heavy (non-hydrogen) atoms. The van der Waals surface area contributed by atoms with Gasteiger partial charge in [-0.2, -0.15) is 0 Å². The number of nitrogens with zero attached hydrogens (tertiary/aromatic N) is 1. The summed E-state index contributed by atoms with van der Waals surface area (Å²) in [6.45, 7) is 4.79. The molecule has 2 heterocycles. The fourth-order valence-corrected chi connectivity index (χ4v) is 4.25. The number of rotatable bonds is 4. The second-order valence-corrected chi connectivity index (χ2v) is 8.65. The number of halogens is 2. The number of hydrogen-bond acceptors (Lipinski definition) is 3. The number of ether oxygens (including phenoxy) is 2. The smallest absolute Gasteiger partial charge is 0.231 e. The molecule has 0 unspecified atom stereocenters. The van der Waals surface area contributed by atoms with Crippen LogP contribution in [-0.4, -0.2) is 30.1 Å². The minimum Gasteiger partial charge on any atom is -0.491 e. The molecule has 0 radical (unpaired) electrons. The van der Waals surface area contributed by atoms with Gasteiger partial charge in [0.05, 0.1) is 6.54 Å². The Kier molecular flexibility index (Phi) is 4.61. The van der Waals surface area contributed by atoms with E-state index in [4.69, 9.17) is 32.7 Å². The summed E-state index contributed by atoms with van der Waals surface area (Å²) in [5.41, 5.74) is -0.291. The summed E-state index contributed by atoms with van der Waals surface area (Å²) in [6, 6.07) is 14.8. The summed E-state index contributed by atoms with van der Waals surface area (Å²) in [6.07, 6.45) is 0.383. The van der Waals surface area contributed by atoms with Crippen LogP contribution in [0.15, 0.2) is 48.5 Å². The molecule has 1 amide bonds. The summed E-state index contributed by atoms with van der Waals surface area (Å²) < 4.78 is 12.3. The molecule has 0 spiro atoms. The Morgan fingerprint density at radius 2 is 1.67 bits per heavy atom. The number of hydrogen-bond donors (Lipinski definition) is 0. The van der Waals surface area contributed by atoms with Crippen molar-refractivity contribution in [1.82, 2.24) is 4.90 Å². The van der Waals surface area contributed by atoms with Gasteiger partial charge in [0.25, 0.3) is 0 Å². The lowest BCUT2D eigenvalue weighted by molar-refractivity contribution is -0.142. The predicted octanol–water partition coefficient (Wildman–Crippen LogP) is 4.88. The molecule has 2 aromatic carbocycles. The highest BCUT2D eigenvalue weighted by Crippen LogP contribution is 2.52. The number of benzene rings is 2. The van der Waals surface area contributed by atoms with Crippen LogP contribution in [0.1, 0.15) is 25.8 Å². The molecule has 2 aliphatic heterocycles. The molecule has 142 valence electrons. The monoisotopic (exact) mass is 405 g/mol. The summed E-state index contributed by atoms with van der Waals surface area (Å²) in [4.78, 5) is 14.8. The van der Waals surface area contributed by atoms with Crippen LogP contribution >= 0.6 is 23.2 Å². The van der Waals surface area contributed by atoms with E-state index >= 15 is 0 Å². The average Bonchev–Trinajstić information content (AvgIpc) is 3.07. The summed E-state index contributed by atoms with van der Waals surface area (Å²) in [7, 11) is 0. The first kappa shape index (κ1) is 18.6. The quantitative estimate of drug-likeness (QED) is 0.726. The van der Waals surface area contributed by atoms with Crippen molar-refractivity contribution in [1.29, 1.82) is 0 Å². The number of amides is 1. The maximum absolute atomic E-state index is 13.0. The second kappa shape index (κ2) is 6.69. The Hall–Kier alpha value is -1.75. The molecule has 4 rings (SSSR count). The van der Waals surface area contributed by atoms with Gasteiger partial charge in [0, 0.05) is 27.4 Å². The Bertz CT molecular complexity index is 851. The Morgan fingerprint density at radius 1 is 1.07 bits per heavy atom. The Balaban J connectivity index is 1.57. The maximum atomic E-state index is 13.0. The van der Waals surface area contributed by atoms with Crippen molar-refractivity contribution >= 4 is 29.1 Å². The van der Waals surface area contributed by atoms with E-state index in [-0.39, 0.29) is 12.0 Å². The lowest BCUT2D eigenvalue weighted by atomic mass is 9.86. The van der Waals surface area contributed by atoms with Gasteiger partial charge in [0.2, 0.25) is 5.91 Å².